The van der Waals surface area contributed by atoms with Crippen molar-refractivity contribution in [3.63, 3.8) is 0 Å². The Balaban J connectivity index is 2.17. The molecule has 0 bridgehead atoms. The topological polar surface area (TPSA) is 81.7 Å². The lowest BCUT2D eigenvalue weighted by atomic mass is 10.1. The van der Waals surface area contributed by atoms with Crippen LogP contribution in [0, 0.1) is 0 Å². The van der Waals surface area contributed by atoms with Crippen molar-refractivity contribution in [3.05, 3.63) is 59.7 Å². The molecule has 0 amide bonds. The molecular formula is C18H21NO5S. The highest BCUT2D eigenvalue weighted by molar-refractivity contribution is 7.89. The number of ketones is 1. The number of rotatable bonds is 8. The van der Waals surface area contributed by atoms with Gasteiger partial charge in [0.25, 0.3) is 0 Å². The average Bonchev–Trinajstić information content (AvgIpc) is 2.62. The van der Waals surface area contributed by atoms with Gasteiger partial charge < -0.3 is 9.47 Å². The van der Waals surface area contributed by atoms with Crippen molar-refractivity contribution in [2.45, 2.75) is 17.9 Å². The lowest BCUT2D eigenvalue weighted by Crippen LogP contribution is -2.29. The van der Waals surface area contributed by atoms with E-state index in [0.29, 0.717) is 11.3 Å². The number of nitrogens with one attached hydrogen (secondary N) is 1. The Morgan fingerprint density at radius 1 is 1.12 bits per heavy atom. The van der Waals surface area contributed by atoms with E-state index in [-0.39, 0.29) is 17.2 Å². The molecule has 2 aromatic carbocycles. The summed E-state index contributed by atoms with van der Waals surface area (Å²) < 4.78 is 38.0. The van der Waals surface area contributed by atoms with E-state index in [2.05, 4.69) is 4.72 Å². The molecule has 0 aliphatic carbocycles. The van der Waals surface area contributed by atoms with E-state index in [1.807, 2.05) is 12.1 Å². The third kappa shape index (κ3) is 4.88. The number of Topliss-reactive ketones (excluding diaryl/α,β-unsaturated/α-hetero) is 1. The van der Waals surface area contributed by atoms with Crippen molar-refractivity contribution in [2.24, 2.45) is 0 Å². The summed E-state index contributed by atoms with van der Waals surface area (Å²) in [6, 6.07) is 13.2. The Morgan fingerprint density at radius 3 is 2.48 bits per heavy atom. The molecule has 0 radical (unpaired) electrons. The second-order valence-corrected chi connectivity index (χ2v) is 7.20. The van der Waals surface area contributed by atoms with E-state index in [1.165, 1.54) is 26.2 Å². The van der Waals surface area contributed by atoms with Gasteiger partial charge in [0, 0.05) is 19.2 Å². The third-order valence-electron chi connectivity index (χ3n) is 3.76. The van der Waals surface area contributed by atoms with Crippen molar-refractivity contribution in [1.82, 2.24) is 4.72 Å². The van der Waals surface area contributed by atoms with Gasteiger partial charge in [0.05, 0.1) is 18.1 Å². The highest BCUT2D eigenvalue weighted by atomic mass is 32.2. The first-order valence-electron chi connectivity index (χ1n) is 7.65. The van der Waals surface area contributed by atoms with E-state index in [4.69, 9.17) is 9.47 Å². The number of hydrogen-bond donors (Lipinski definition) is 1. The molecule has 0 fully saturated rings. The molecule has 1 atom stereocenters. The van der Waals surface area contributed by atoms with Crippen LogP contribution >= 0.6 is 0 Å². The number of benzene rings is 2. The van der Waals surface area contributed by atoms with Gasteiger partial charge in [-0.2, -0.15) is 0 Å². The minimum absolute atomic E-state index is 0.0423. The molecule has 25 heavy (non-hydrogen) atoms. The second-order valence-electron chi connectivity index (χ2n) is 5.44. The molecule has 0 saturated heterocycles. The SMILES string of the molecule is COc1cccc([C@@H](CNS(=O)(=O)c2cccc(C(C)=O)c2)OC)c1. The molecule has 2 aromatic rings. The summed E-state index contributed by atoms with van der Waals surface area (Å²) in [6.07, 6.45) is -0.471. The van der Waals surface area contributed by atoms with Gasteiger partial charge in [0.1, 0.15) is 5.75 Å². The lowest BCUT2D eigenvalue weighted by molar-refractivity contribution is 0.101. The summed E-state index contributed by atoms with van der Waals surface area (Å²) in [4.78, 5) is 11.5. The van der Waals surface area contributed by atoms with Crippen molar-refractivity contribution >= 4 is 15.8 Å². The highest BCUT2D eigenvalue weighted by Gasteiger charge is 2.19. The molecule has 0 saturated carbocycles. The van der Waals surface area contributed by atoms with E-state index in [0.717, 1.165) is 5.56 Å². The van der Waals surface area contributed by atoms with Gasteiger partial charge in [-0.25, -0.2) is 13.1 Å². The maximum atomic E-state index is 12.5. The molecule has 134 valence electrons. The van der Waals surface area contributed by atoms with E-state index in [1.54, 1.807) is 31.4 Å². The zero-order valence-corrected chi connectivity index (χ0v) is 15.2. The average molecular weight is 363 g/mol. The summed E-state index contributed by atoms with van der Waals surface area (Å²) in [6.45, 7) is 1.44. The quantitative estimate of drug-likeness (QED) is 0.729. The van der Waals surface area contributed by atoms with Gasteiger partial charge in [-0.15, -0.1) is 0 Å². The molecule has 0 heterocycles. The van der Waals surface area contributed by atoms with Crippen LogP contribution in [-0.2, 0) is 14.8 Å². The van der Waals surface area contributed by atoms with Crippen LogP contribution in [0.1, 0.15) is 28.9 Å². The standard InChI is InChI=1S/C18H21NO5S/c1-13(20)14-6-5-9-17(11-14)25(21,22)19-12-18(24-3)15-7-4-8-16(10-15)23-2/h4-11,18-19H,12H2,1-3H3/t18-/m1/s1. The Kier molecular flexibility index (Phi) is 6.30. The summed E-state index contributed by atoms with van der Waals surface area (Å²) in [5.74, 6) is 0.472. The Morgan fingerprint density at radius 2 is 1.84 bits per heavy atom. The molecule has 7 heteroatoms. The van der Waals surface area contributed by atoms with Crippen LogP contribution in [0.4, 0.5) is 0 Å². The summed E-state index contributed by atoms with van der Waals surface area (Å²) in [7, 11) is -0.689. The predicted molar refractivity (Wildman–Crippen MR) is 94.4 cm³/mol. The third-order valence-corrected chi connectivity index (χ3v) is 5.18. The largest absolute Gasteiger partial charge is 0.497 e. The molecule has 1 N–H and O–H groups in total. The number of sulfonamides is 1. The molecule has 0 spiro atoms. The van der Waals surface area contributed by atoms with Crippen LogP contribution in [-0.4, -0.2) is 35.0 Å². The minimum atomic E-state index is -3.76. The van der Waals surface area contributed by atoms with E-state index in [9.17, 15) is 13.2 Å². The summed E-state index contributed by atoms with van der Waals surface area (Å²) in [5, 5.41) is 0. The van der Waals surface area contributed by atoms with Crippen molar-refractivity contribution in [2.75, 3.05) is 20.8 Å². The minimum Gasteiger partial charge on any atom is -0.497 e. The van der Waals surface area contributed by atoms with Gasteiger partial charge in [-0.05, 0) is 36.8 Å². The Labute approximate surface area is 147 Å². The molecular weight excluding hydrogens is 342 g/mol. The van der Waals surface area contributed by atoms with E-state index >= 15 is 0 Å². The van der Waals surface area contributed by atoms with Crippen LogP contribution in [0.5, 0.6) is 5.75 Å². The number of carbonyl (C=O) groups is 1. The predicted octanol–water partition coefficient (Wildman–Crippen LogP) is 2.56. The van der Waals surface area contributed by atoms with E-state index < -0.39 is 16.1 Å². The van der Waals surface area contributed by atoms with Gasteiger partial charge in [0.15, 0.2) is 5.78 Å². The number of hydrogen-bond acceptors (Lipinski definition) is 5. The fourth-order valence-corrected chi connectivity index (χ4v) is 3.41. The van der Waals surface area contributed by atoms with Crippen LogP contribution in [0.3, 0.4) is 0 Å². The molecule has 0 unspecified atom stereocenters. The number of methoxy groups -OCH3 is 2. The first kappa shape index (κ1) is 19.1. The van der Waals surface area contributed by atoms with Crippen molar-refractivity contribution in [3.8, 4) is 5.75 Å². The smallest absolute Gasteiger partial charge is 0.240 e. The maximum absolute atomic E-state index is 12.5. The van der Waals surface area contributed by atoms with Crippen LogP contribution in [0.25, 0.3) is 0 Å². The van der Waals surface area contributed by atoms with Crippen LogP contribution in [0.15, 0.2) is 53.4 Å². The second kappa shape index (κ2) is 8.24. The Hall–Kier alpha value is -2.22. The first-order valence-corrected chi connectivity index (χ1v) is 9.13. The van der Waals surface area contributed by atoms with Crippen molar-refractivity contribution < 1.29 is 22.7 Å². The highest BCUT2D eigenvalue weighted by Crippen LogP contribution is 2.22. The zero-order chi connectivity index (χ0) is 18.4. The van der Waals surface area contributed by atoms with Crippen molar-refractivity contribution in [1.29, 1.82) is 0 Å². The molecule has 0 aromatic heterocycles. The van der Waals surface area contributed by atoms with Gasteiger partial charge >= 0.3 is 0 Å². The Bertz CT molecular complexity index is 848. The molecule has 0 aliphatic rings. The molecule has 6 nitrogen and oxygen atoms in total. The molecule has 2 rings (SSSR count). The first-order chi connectivity index (χ1) is 11.9. The normalized spacial score (nSPS) is 12.6. The zero-order valence-electron chi connectivity index (χ0n) is 14.4. The maximum Gasteiger partial charge on any atom is 0.240 e. The lowest BCUT2D eigenvalue weighted by Gasteiger charge is -2.17. The summed E-state index contributed by atoms with van der Waals surface area (Å²) >= 11 is 0. The fraction of sp³-hybridized carbons (Fsp3) is 0.278. The van der Waals surface area contributed by atoms with Gasteiger partial charge in [-0.1, -0.05) is 24.3 Å². The van der Waals surface area contributed by atoms with Gasteiger partial charge in [-0.3, -0.25) is 4.79 Å². The van der Waals surface area contributed by atoms with Crippen LogP contribution < -0.4 is 9.46 Å². The monoisotopic (exact) mass is 363 g/mol. The number of ether oxygens (including phenoxy) is 2. The summed E-state index contributed by atoms with van der Waals surface area (Å²) in [5.41, 5.74) is 1.14. The number of carbonyl (C=O) groups excluding carboxylic acids is 1. The van der Waals surface area contributed by atoms with Crippen LogP contribution in [0.2, 0.25) is 0 Å². The van der Waals surface area contributed by atoms with Gasteiger partial charge in [0.2, 0.25) is 10.0 Å². The fourth-order valence-electron chi connectivity index (χ4n) is 2.33. The molecule has 0 aliphatic heterocycles.